The zero-order valence-corrected chi connectivity index (χ0v) is 39.8. The molecule has 3 heterocycles. The van der Waals surface area contributed by atoms with Crippen molar-refractivity contribution < 1.29 is 62.9 Å². The summed E-state index contributed by atoms with van der Waals surface area (Å²) in [7, 11) is 5.03. The predicted octanol–water partition coefficient (Wildman–Crippen LogP) is 4.67. The number of hydrogen-bond donors (Lipinski definition) is 4. The van der Waals surface area contributed by atoms with Crippen LogP contribution in [0, 0.1) is 17.8 Å². The Hall–Kier alpha value is -3.09. The summed E-state index contributed by atoms with van der Waals surface area (Å²) in [5, 5.41) is 39.1. The molecule has 4 N–H and O–H groups in total. The fourth-order valence-corrected chi connectivity index (χ4v) is 9.08. The topological polar surface area (TPSA) is 192 Å². The van der Waals surface area contributed by atoms with Gasteiger partial charge in [-0.15, -0.1) is 0 Å². The molecule has 2 saturated heterocycles. The molecule has 3 aliphatic heterocycles. The van der Waals surface area contributed by atoms with E-state index in [1.165, 1.54) is 18.7 Å². The highest BCUT2D eigenvalue weighted by molar-refractivity contribution is 5.91. The van der Waals surface area contributed by atoms with E-state index in [9.17, 15) is 29.7 Å². The number of carbonyl (C=O) groups is 3. The molecule has 64 heavy (non-hydrogen) atoms. The number of aliphatic hydroxyl groups is 3. The smallest absolute Gasteiger partial charge is 0.308 e. The molecule has 0 amide bonds. The lowest BCUT2D eigenvalue weighted by Crippen LogP contribution is -2.66. The molecule has 0 aliphatic carbocycles. The third-order valence-electron chi connectivity index (χ3n) is 12.4. The van der Waals surface area contributed by atoms with Crippen molar-refractivity contribution in [3.63, 3.8) is 0 Å². The van der Waals surface area contributed by atoms with E-state index >= 15 is 0 Å². The first-order chi connectivity index (χ1) is 30.3. The maximum absolute atomic E-state index is 13.5. The van der Waals surface area contributed by atoms with Gasteiger partial charge in [-0.3, -0.25) is 14.4 Å². The van der Waals surface area contributed by atoms with Gasteiger partial charge in [0.05, 0.1) is 36.9 Å². The minimum atomic E-state index is -1.48. The summed E-state index contributed by atoms with van der Waals surface area (Å²) in [6.07, 6.45) is -0.911. The van der Waals surface area contributed by atoms with Crippen LogP contribution in [-0.4, -0.2) is 151 Å². The molecule has 0 spiro atoms. The molecular weight excluding hydrogens is 825 g/mol. The van der Waals surface area contributed by atoms with Crippen LogP contribution in [0.3, 0.4) is 0 Å². The Kier molecular flexibility index (Phi) is 21.5. The summed E-state index contributed by atoms with van der Waals surface area (Å²) >= 11 is 0. The van der Waals surface area contributed by atoms with Gasteiger partial charge in [0.1, 0.15) is 30.0 Å². The van der Waals surface area contributed by atoms with Crippen molar-refractivity contribution in [1.82, 2.24) is 10.2 Å². The highest BCUT2D eigenvalue weighted by Crippen LogP contribution is 2.37. The maximum atomic E-state index is 13.5. The first-order valence-electron chi connectivity index (χ1n) is 23.2. The summed E-state index contributed by atoms with van der Waals surface area (Å²) in [6, 6.07) is 9.53. The molecule has 0 saturated carbocycles. The van der Waals surface area contributed by atoms with Crippen molar-refractivity contribution in [2.75, 3.05) is 34.3 Å². The van der Waals surface area contributed by atoms with Gasteiger partial charge in [-0.25, -0.2) is 0 Å². The molecule has 0 radical (unpaired) electrons. The lowest BCUT2D eigenvalue weighted by Gasteiger charge is -2.50. The quantitative estimate of drug-likeness (QED) is 0.132. The monoisotopic (exact) mass is 903 g/mol. The second-order valence-corrected chi connectivity index (χ2v) is 18.9. The van der Waals surface area contributed by atoms with E-state index in [1.807, 2.05) is 49.9 Å². The molecule has 1 aromatic rings. The molecule has 0 aromatic heterocycles. The van der Waals surface area contributed by atoms with Crippen molar-refractivity contribution in [2.24, 2.45) is 17.8 Å². The minimum absolute atomic E-state index is 0.0165. The van der Waals surface area contributed by atoms with Crippen molar-refractivity contribution in [3.05, 3.63) is 60.2 Å². The summed E-state index contributed by atoms with van der Waals surface area (Å²) in [4.78, 5) is 41.1. The average molecular weight is 903 g/mol. The van der Waals surface area contributed by atoms with Crippen LogP contribution in [0.2, 0.25) is 0 Å². The minimum Gasteiger partial charge on any atom is -0.462 e. The van der Waals surface area contributed by atoms with E-state index in [2.05, 4.69) is 17.4 Å². The lowest BCUT2D eigenvalue weighted by atomic mass is 9.82. The van der Waals surface area contributed by atoms with Gasteiger partial charge >= 0.3 is 11.9 Å². The number of hydrogen-bond acceptors (Lipinski definition) is 15. The van der Waals surface area contributed by atoms with E-state index in [0.717, 1.165) is 19.4 Å². The summed E-state index contributed by atoms with van der Waals surface area (Å²) in [6.45, 7) is 13.8. The number of rotatable bonds is 16. The van der Waals surface area contributed by atoms with Crippen LogP contribution in [0.4, 0.5) is 0 Å². The number of aryl methyl sites for hydroxylation is 1. The van der Waals surface area contributed by atoms with Crippen molar-refractivity contribution in [3.8, 4) is 0 Å². The van der Waals surface area contributed by atoms with Gasteiger partial charge in [-0.1, -0.05) is 69.3 Å². The largest absolute Gasteiger partial charge is 0.462 e. The zero-order valence-electron chi connectivity index (χ0n) is 39.8. The normalized spacial score (nSPS) is 37.0. The highest BCUT2D eigenvalue weighted by Gasteiger charge is 2.52. The van der Waals surface area contributed by atoms with Crippen molar-refractivity contribution in [1.29, 1.82) is 0 Å². The van der Waals surface area contributed by atoms with E-state index in [1.54, 1.807) is 53.9 Å². The number of esters is 2. The van der Waals surface area contributed by atoms with E-state index in [-0.39, 0.29) is 31.0 Å². The van der Waals surface area contributed by atoms with E-state index in [0.29, 0.717) is 25.8 Å². The molecule has 1 aromatic carbocycles. The van der Waals surface area contributed by atoms with Crippen molar-refractivity contribution in [2.45, 2.75) is 179 Å². The van der Waals surface area contributed by atoms with Crippen molar-refractivity contribution >= 4 is 17.7 Å². The lowest BCUT2D eigenvalue weighted by molar-refractivity contribution is -0.344. The number of carbonyl (C=O) groups excluding carboxylic acids is 3. The molecule has 15 nitrogen and oxygen atoms in total. The van der Waals surface area contributed by atoms with Gasteiger partial charge in [0, 0.05) is 32.3 Å². The number of methoxy groups -OCH3 is 1. The van der Waals surface area contributed by atoms with E-state index < -0.39 is 103 Å². The maximum Gasteiger partial charge on any atom is 0.308 e. The van der Waals surface area contributed by atoms with Gasteiger partial charge < -0.3 is 58.7 Å². The van der Waals surface area contributed by atoms with Gasteiger partial charge in [0.2, 0.25) is 0 Å². The number of allylic oxidation sites excluding steroid dienone is 3. The molecule has 362 valence electrons. The zero-order chi connectivity index (χ0) is 47.1. The van der Waals surface area contributed by atoms with Crippen LogP contribution >= 0.6 is 0 Å². The molecule has 2 fully saturated rings. The number of likely N-dealkylation sites (N-methyl/N-ethyl adjacent to an activating group) is 1. The Labute approximate surface area is 381 Å². The van der Waals surface area contributed by atoms with Crippen LogP contribution in [0.5, 0.6) is 0 Å². The number of cyclic esters (lactones) is 1. The Morgan fingerprint density at radius 2 is 1.69 bits per heavy atom. The van der Waals surface area contributed by atoms with Crippen LogP contribution in [0.1, 0.15) is 99.0 Å². The van der Waals surface area contributed by atoms with Gasteiger partial charge in [-0.2, -0.15) is 0 Å². The molecule has 15 atom stereocenters. The van der Waals surface area contributed by atoms with Gasteiger partial charge in [0.25, 0.3) is 0 Å². The number of nitrogens with one attached hydrogen (secondary N) is 1. The SMILES string of the molecule is CO[C@@H]1[C@@H](O[C@@H]2O[C@H](C)[C@@H](O[C@H]3C[C@@](C)(O)[C@@H](OC(=O)CC(C)C)[C@H](C)O3)[C@H](N(C)C)[C@H]2O)[C@@H](CCNCCCc2ccccc2)C[C@@H](C)C(=O)/C=C/C=C\C[C@@H](C)OC(=O)C[C@@H]1O. The molecule has 0 unspecified atom stereocenters. The molecule has 3 aliphatic rings. The Bertz CT molecular complexity index is 1640. The molecular formula is C49H78N2O13. The van der Waals surface area contributed by atoms with Gasteiger partial charge in [0.15, 0.2) is 24.5 Å². The second kappa shape index (κ2) is 25.7. The molecule has 0 bridgehead atoms. The Balaban J connectivity index is 1.60. The van der Waals surface area contributed by atoms with Crippen LogP contribution in [-0.2, 0) is 54.0 Å². The Morgan fingerprint density at radius 3 is 2.34 bits per heavy atom. The van der Waals surface area contributed by atoms with Crippen LogP contribution in [0.25, 0.3) is 0 Å². The highest BCUT2D eigenvalue weighted by atomic mass is 16.7. The number of nitrogens with zero attached hydrogens (tertiary/aromatic N) is 1. The van der Waals surface area contributed by atoms with Gasteiger partial charge in [-0.05, 0) is 104 Å². The third kappa shape index (κ3) is 16.1. The summed E-state index contributed by atoms with van der Waals surface area (Å²) in [5.41, 5.74) is -0.229. The fourth-order valence-electron chi connectivity index (χ4n) is 9.08. The average Bonchev–Trinajstić information content (AvgIpc) is 3.20. The summed E-state index contributed by atoms with van der Waals surface area (Å²) < 4.78 is 43.4. The number of ether oxygens (including phenoxy) is 7. The first kappa shape index (κ1) is 53.5. The second-order valence-electron chi connectivity index (χ2n) is 18.9. The third-order valence-corrected chi connectivity index (χ3v) is 12.4. The van der Waals surface area contributed by atoms with Crippen LogP contribution < -0.4 is 5.32 Å². The number of ketones is 1. The predicted molar refractivity (Wildman–Crippen MR) is 241 cm³/mol. The number of aliphatic hydroxyl groups excluding tert-OH is 2. The Morgan fingerprint density at radius 1 is 0.969 bits per heavy atom. The van der Waals surface area contributed by atoms with E-state index in [4.69, 9.17) is 33.2 Å². The van der Waals surface area contributed by atoms with Crippen LogP contribution in [0.15, 0.2) is 54.6 Å². The summed E-state index contributed by atoms with van der Waals surface area (Å²) in [5.74, 6) is -1.92. The standard InChI is InChI=1S/C49H78N2O13/c1-30(2)26-39(54)62-47-34(6)60-41(29-49(47,7)57)63-44-33(5)61-48(43(56)42(44)51(8)9)64-45-36(23-25-50-24-17-21-35-19-14-12-15-20-35)27-31(3)37(52)22-16-11-13-18-32(4)59-40(55)28-38(53)46(45)58-10/h11-16,19-20,22,30-34,36,38,41-48,50,53,56-57H,17-18,21,23-29H2,1-10H3/b13-11-,22-16+/t31-,32-,33-,34+,36+,38+,41+,42-,43-,44-,45+,46+,47+,48+,49-/m1/s1. The fraction of sp³-hybridized carbons (Fsp3) is 0.735. The number of benzene rings is 1. The molecule has 4 rings (SSSR count). The first-order valence-corrected chi connectivity index (χ1v) is 23.2. The molecule has 15 heteroatoms.